The molecule has 0 aliphatic heterocycles. The molecule has 7 aromatic carbocycles. The molecule has 0 atom stereocenters. The predicted molar refractivity (Wildman–Crippen MR) is 217 cm³/mol. The van der Waals surface area contributed by atoms with E-state index in [4.69, 9.17) is 4.99 Å². The molecule has 0 N–H and O–H groups in total. The molecule has 3 heteroatoms. The number of hydrogen-bond donors (Lipinski definition) is 0. The van der Waals surface area contributed by atoms with Crippen LogP contribution < -0.4 is 0 Å². The highest BCUT2D eigenvalue weighted by atomic mass is 32.1. The van der Waals surface area contributed by atoms with E-state index in [2.05, 4.69) is 171 Å². The van der Waals surface area contributed by atoms with Crippen LogP contribution in [0.4, 0.5) is 0 Å². The molecule has 1 nitrogen and oxygen atoms in total. The van der Waals surface area contributed by atoms with E-state index in [0.29, 0.717) is 0 Å². The highest BCUT2D eigenvalue weighted by Crippen LogP contribution is 2.37. The van der Waals surface area contributed by atoms with Gasteiger partial charge in [0.2, 0.25) is 0 Å². The van der Waals surface area contributed by atoms with Crippen LogP contribution in [0.15, 0.2) is 169 Å². The van der Waals surface area contributed by atoms with Crippen LogP contribution in [0.1, 0.15) is 23.6 Å². The van der Waals surface area contributed by atoms with Gasteiger partial charge >= 0.3 is 0 Å². The van der Waals surface area contributed by atoms with E-state index < -0.39 is 0 Å². The number of rotatable bonds is 6. The standard InChI is InChI=1S/C46H31NS2/c1-29(32-12-9-13-35(25-32)36-19-18-31-10-3-4-11-34(31)26-36)24-42(37-21-23-41-39-15-6-8-17-44(39)49-46(41)28-37)47-30(2)33-20-22-40-38-14-5-7-16-43(38)48-45(40)27-33/h3-28H,2H2,1H3/b29-24+,47-42?. The van der Waals surface area contributed by atoms with Gasteiger partial charge in [-0.2, -0.15) is 0 Å². The van der Waals surface area contributed by atoms with Gasteiger partial charge in [-0.15, -0.1) is 22.7 Å². The second-order valence-corrected chi connectivity index (χ2v) is 14.7. The van der Waals surface area contributed by atoms with Crippen LogP contribution >= 0.6 is 22.7 Å². The summed E-state index contributed by atoms with van der Waals surface area (Å²) in [4.78, 5) is 5.27. The average Bonchev–Trinajstić information content (AvgIpc) is 3.72. The molecule has 0 bridgehead atoms. The summed E-state index contributed by atoms with van der Waals surface area (Å²) >= 11 is 3.65. The van der Waals surface area contributed by atoms with Crippen molar-refractivity contribution in [2.75, 3.05) is 0 Å². The summed E-state index contributed by atoms with van der Waals surface area (Å²) < 4.78 is 5.10. The van der Waals surface area contributed by atoms with Crippen molar-refractivity contribution in [2.45, 2.75) is 6.92 Å². The van der Waals surface area contributed by atoms with E-state index in [1.165, 1.54) is 67.8 Å². The Morgan fingerprint density at radius 1 is 0.490 bits per heavy atom. The maximum absolute atomic E-state index is 5.27. The Balaban J connectivity index is 1.14. The second-order valence-electron chi connectivity index (χ2n) is 12.5. The first-order valence-corrected chi connectivity index (χ1v) is 18.1. The van der Waals surface area contributed by atoms with Crippen molar-refractivity contribution >= 4 is 90.8 Å². The van der Waals surface area contributed by atoms with Gasteiger partial charge in [-0.25, -0.2) is 4.99 Å². The topological polar surface area (TPSA) is 12.4 Å². The molecule has 2 aromatic heterocycles. The van der Waals surface area contributed by atoms with Crippen LogP contribution in [0.25, 0.3) is 73.5 Å². The minimum Gasteiger partial charge on any atom is -0.248 e. The third kappa shape index (κ3) is 5.47. The van der Waals surface area contributed by atoms with E-state index in [-0.39, 0.29) is 0 Å². The minimum atomic E-state index is 0.750. The fourth-order valence-corrected chi connectivity index (χ4v) is 9.07. The molecule has 0 saturated heterocycles. The van der Waals surface area contributed by atoms with E-state index in [9.17, 15) is 0 Å². The van der Waals surface area contributed by atoms with Gasteiger partial charge in [0.1, 0.15) is 0 Å². The van der Waals surface area contributed by atoms with Crippen molar-refractivity contribution in [3.05, 3.63) is 181 Å². The van der Waals surface area contributed by atoms with Crippen LogP contribution in [0, 0.1) is 0 Å². The first kappa shape index (κ1) is 29.5. The third-order valence-electron chi connectivity index (χ3n) is 9.40. The van der Waals surface area contributed by atoms with Gasteiger partial charge in [-0.1, -0.05) is 122 Å². The molecular weight excluding hydrogens is 631 g/mol. The quantitative estimate of drug-likeness (QED) is 0.157. The molecule has 0 spiro atoms. The lowest BCUT2D eigenvalue weighted by Gasteiger charge is -2.10. The molecule has 0 unspecified atom stereocenters. The van der Waals surface area contributed by atoms with Crippen molar-refractivity contribution < 1.29 is 0 Å². The van der Waals surface area contributed by atoms with Gasteiger partial charge in [0, 0.05) is 51.5 Å². The molecule has 0 amide bonds. The van der Waals surface area contributed by atoms with Crippen molar-refractivity contribution in [3.8, 4) is 11.1 Å². The zero-order valence-electron chi connectivity index (χ0n) is 27.0. The first-order chi connectivity index (χ1) is 24.1. The number of nitrogens with zero attached hydrogens (tertiary/aromatic N) is 1. The smallest absolute Gasteiger partial charge is 0.0712 e. The molecule has 0 aliphatic rings. The normalized spacial score (nSPS) is 12.5. The number of aliphatic imine (C=N–C) groups is 1. The van der Waals surface area contributed by atoms with E-state index in [1.54, 1.807) is 0 Å². The van der Waals surface area contributed by atoms with Crippen LogP contribution in [0.2, 0.25) is 0 Å². The van der Waals surface area contributed by atoms with Crippen molar-refractivity contribution in [3.63, 3.8) is 0 Å². The van der Waals surface area contributed by atoms with Crippen LogP contribution in [-0.4, -0.2) is 5.71 Å². The van der Waals surface area contributed by atoms with Gasteiger partial charge < -0.3 is 0 Å². The lowest BCUT2D eigenvalue weighted by Crippen LogP contribution is -1.99. The number of hydrogen-bond acceptors (Lipinski definition) is 3. The highest BCUT2D eigenvalue weighted by Gasteiger charge is 2.12. The molecule has 0 radical (unpaired) electrons. The van der Waals surface area contributed by atoms with Gasteiger partial charge in [0.15, 0.2) is 0 Å². The zero-order valence-corrected chi connectivity index (χ0v) is 28.6. The fraction of sp³-hybridized carbons (Fsp3) is 0.0217. The second kappa shape index (κ2) is 12.1. The molecule has 0 saturated carbocycles. The van der Waals surface area contributed by atoms with Crippen molar-refractivity contribution in [1.82, 2.24) is 0 Å². The summed E-state index contributed by atoms with van der Waals surface area (Å²) in [6, 6.07) is 54.6. The third-order valence-corrected chi connectivity index (χ3v) is 11.7. The van der Waals surface area contributed by atoms with Gasteiger partial charge in [-0.3, -0.25) is 0 Å². The Morgan fingerprint density at radius 3 is 1.82 bits per heavy atom. The maximum atomic E-state index is 5.27. The number of fused-ring (bicyclic) bond motifs is 7. The number of allylic oxidation sites excluding steroid dienone is 2. The summed E-state index contributed by atoms with van der Waals surface area (Å²) in [5.74, 6) is 0. The van der Waals surface area contributed by atoms with Crippen LogP contribution in [-0.2, 0) is 0 Å². The van der Waals surface area contributed by atoms with Crippen molar-refractivity contribution in [2.24, 2.45) is 4.99 Å². The summed E-state index contributed by atoms with van der Waals surface area (Å²) in [6.45, 7) is 6.68. The summed E-state index contributed by atoms with van der Waals surface area (Å²) in [5.41, 5.74) is 8.47. The molecule has 9 aromatic rings. The Morgan fingerprint density at radius 2 is 1.08 bits per heavy atom. The molecule has 232 valence electrons. The van der Waals surface area contributed by atoms with E-state index in [0.717, 1.165) is 28.1 Å². The molecular formula is C46H31NS2. The van der Waals surface area contributed by atoms with E-state index >= 15 is 0 Å². The first-order valence-electron chi connectivity index (χ1n) is 16.5. The Bertz CT molecular complexity index is 2810. The average molecular weight is 662 g/mol. The summed E-state index contributed by atoms with van der Waals surface area (Å²) in [7, 11) is 0. The molecule has 49 heavy (non-hydrogen) atoms. The summed E-state index contributed by atoms with van der Waals surface area (Å²) in [6.07, 6.45) is 2.22. The minimum absolute atomic E-state index is 0.750. The molecule has 0 aliphatic carbocycles. The maximum Gasteiger partial charge on any atom is 0.0712 e. The lowest BCUT2D eigenvalue weighted by molar-refractivity contribution is 1.52. The number of benzene rings is 7. The number of thiophene rings is 2. The zero-order chi connectivity index (χ0) is 32.9. The Labute approximate surface area is 293 Å². The highest BCUT2D eigenvalue weighted by molar-refractivity contribution is 7.26. The SMILES string of the molecule is C=C(N=C(/C=C(\C)c1cccc(-c2ccc3ccccc3c2)c1)c1ccc2c(c1)sc1ccccc12)c1ccc2c(c1)sc1ccccc12. The van der Waals surface area contributed by atoms with Gasteiger partial charge in [0.05, 0.1) is 11.4 Å². The Hall–Kier alpha value is -5.61. The van der Waals surface area contributed by atoms with Gasteiger partial charge in [0.25, 0.3) is 0 Å². The predicted octanol–water partition coefficient (Wildman–Crippen LogP) is 13.8. The van der Waals surface area contributed by atoms with Crippen LogP contribution in [0.3, 0.4) is 0 Å². The largest absolute Gasteiger partial charge is 0.248 e. The fourth-order valence-electron chi connectivity index (χ4n) is 6.78. The van der Waals surface area contributed by atoms with Gasteiger partial charge in [-0.05, 0) is 82.4 Å². The monoisotopic (exact) mass is 661 g/mol. The molecule has 0 fully saturated rings. The van der Waals surface area contributed by atoms with Crippen molar-refractivity contribution in [1.29, 1.82) is 0 Å². The summed E-state index contributed by atoms with van der Waals surface area (Å²) in [5, 5.41) is 7.65. The van der Waals surface area contributed by atoms with E-state index in [1.807, 2.05) is 22.7 Å². The Kier molecular flexibility index (Phi) is 7.31. The molecule has 9 rings (SSSR count). The lowest BCUT2D eigenvalue weighted by atomic mass is 9.96. The van der Waals surface area contributed by atoms with Crippen LogP contribution in [0.5, 0.6) is 0 Å². The molecule has 2 heterocycles.